The number of carbonyl (C=O) groups excluding carboxylic acids is 2. The Bertz CT molecular complexity index is 395. The molecule has 0 N–H and O–H groups in total. The molecule has 0 aliphatic rings. The number of esters is 2. The molecule has 0 spiro atoms. The molecular formula is C13H14O4. The molecule has 0 aliphatic heterocycles. The number of hydrogen-bond donors (Lipinski definition) is 0. The van der Waals surface area contributed by atoms with Crippen molar-refractivity contribution in [2.24, 2.45) is 0 Å². The van der Waals surface area contributed by atoms with E-state index >= 15 is 0 Å². The summed E-state index contributed by atoms with van der Waals surface area (Å²) in [6, 6.07) is 9.60. The Morgan fingerprint density at radius 2 is 1.88 bits per heavy atom. The van der Waals surface area contributed by atoms with E-state index in [1.165, 1.54) is 7.11 Å². The third-order valence-corrected chi connectivity index (χ3v) is 1.97. The van der Waals surface area contributed by atoms with Crippen LogP contribution in [0.4, 0.5) is 0 Å². The fourth-order valence-electron chi connectivity index (χ4n) is 1.11. The van der Waals surface area contributed by atoms with Crippen molar-refractivity contribution in [1.29, 1.82) is 0 Å². The number of hydrogen-bond acceptors (Lipinski definition) is 4. The van der Waals surface area contributed by atoms with E-state index in [1.807, 2.05) is 36.4 Å². The zero-order chi connectivity index (χ0) is 12.5. The molecule has 0 unspecified atom stereocenters. The Morgan fingerprint density at radius 3 is 2.53 bits per heavy atom. The van der Waals surface area contributed by atoms with Gasteiger partial charge in [0.2, 0.25) is 0 Å². The fourth-order valence-corrected chi connectivity index (χ4v) is 1.11. The van der Waals surface area contributed by atoms with Gasteiger partial charge in [-0.15, -0.1) is 0 Å². The first-order chi connectivity index (χ1) is 8.22. The van der Waals surface area contributed by atoms with E-state index in [1.54, 1.807) is 6.08 Å². The fraction of sp³-hybridized carbons (Fsp3) is 0.231. The minimum absolute atomic E-state index is 0.131. The van der Waals surface area contributed by atoms with Gasteiger partial charge in [-0.3, -0.25) is 4.79 Å². The summed E-state index contributed by atoms with van der Waals surface area (Å²) in [4.78, 5) is 21.9. The second kappa shape index (κ2) is 7.22. The monoisotopic (exact) mass is 234 g/mol. The highest BCUT2D eigenvalue weighted by molar-refractivity contribution is 5.77. The molecule has 0 saturated carbocycles. The van der Waals surface area contributed by atoms with Crippen LogP contribution in [0.25, 0.3) is 6.08 Å². The lowest BCUT2D eigenvalue weighted by Gasteiger charge is -2.00. The highest BCUT2D eigenvalue weighted by Gasteiger charge is 2.04. The minimum Gasteiger partial charge on any atom is -0.466 e. The molecular weight excluding hydrogens is 220 g/mol. The predicted molar refractivity (Wildman–Crippen MR) is 63.1 cm³/mol. The van der Waals surface area contributed by atoms with E-state index in [0.717, 1.165) is 5.56 Å². The average Bonchev–Trinajstić information content (AvgIpc) is 2.37. The van der Waals surface area contributed by atoms with Crippen molar-refractivity contribution in [3.05, 3.63) is 42.0 Å². The Labute approximate surface area is 99.8 Å². The molecule has 0 aliphatic carbocycles. The zero-order valence-corrected chi connectivity index (χ0v) is 9.59. The third kappa shape index (κ3) is 5.51. The zero-order valence-electron chi connectivity index (χ0n) is 9.59. The number of methoxy groups -OCH3 is 1. The normalized spacial score (nSPS) is 10.2. The summed E-state index contributed by atoms with van der Waals surface area (Å²) in [6.07, 6.45) is 3.64. The Balaban J connectivity index is 2.29. The standard InChI is InChI=1S/C13H14O4/c1-16-13(15)10-17-12(14)9-5-8-11-6-3-2-4-7-11/h2-8H,9-10H2,1H3/b8-5+. The van der Waals surface area contributed by atoms with Crippen molar-refractivity contribution in [3.8, 4) is 0 Å². The Kier molecular flexibility index (Phi) is 5.51. The van der Waals surface area contributed by atoms with Crippen LogP contribution in [0.3, 0.4) is 0 Å². The Hall–Kier alpha value is -2.10. The summed E-state index contributed by atoms with van der Waals surface area (Å²) in [7, 11) is 1.24. The molecule has 17 heavy (non-hydrogen) atoms. The lowest BCUT2D eigenvalue weighted by atomic mass is 10.2. The first-order valence-corrected chi connectivity index (χ1v) is 5.16. The van der Waals surface area contributed by atoms with Crippen LogP contribution in [0.15, 0.2) is 36.4 Å². The molecule has 0 radical (unpaired) electrons. The number of benzene rings is 1. The maximum absolute atomic E-state index is 11.2. The molecule has 1 aromatic rings. The smallest absolute Gasteiger partial charge is 0.344 e. The van der Waals surface area contributed by atoms with Crippen molar-refractivity contribution in [2.75, 3.05) is 13.7 Å². The van der Waals surface area contributed by atoms with Crippen molar-refractivity contribution in [2.45, 2.75) is 6.42 Å². The van der Waals surface area contributed by atoms with Gasteiger partial charge in [-0.1, -0.05) is 42.5 Å². The van der Waals surface area contributed by atoms with Gasteiger partial charge in [-0.05, 0) is 5.56 Å². The topological polar surface area (TPSA) is 52.6 Å². The lowest BCUT2D eigenvalue weighted by Crippen LogP contribution is -2.14. The molecule has 0 saturated heterocycles. The summed E-state index contributed by atoms with van der Waals surface area (Å²) in [5.41, 5.74) is 1.01. The van der Waals surface area contributed by atoms with Gasteiger partial charge in [0.15, 0.2) is 6.61 Å². The first-order valence-electron chi connectivity index (χ1n) is 5.16. The number of ether oxygens (including phenoxy) is 2. The van der Waals surface area contributed by atoms with Crippen molar-refractivity contribution in [3.63, 3.8) is 0 Å². The van der Waals surface area contributed by atoms with Gasteiger partial charge in [0.1, 0.15) is 0 Å². The molecule has 0 fully saturated rings. The quantitative estimate of drug-likeness (QED) is 0.729. The molecule has 0 atom stereocenters. The maximum atomic E-state index is 11.2. The van der Waals surface area contributed by atoms with E-state index in [-0.39, 0.29) is 13.0 Å². The van der Waals surface area contributed by atoms with E-state index in [4.69, 9.17) is 0 Å². The molecule has 1 rings (SSSR count). The third-order valence-electron chi connectivity index (χ3n) is 1.97. The molecule has 4 nitrogen and oxygen atoms in total. The highest BCUT2D eigenvalue weighted by atomic mass is 16.6. The Morgan fingerprint density at radius 1 is 1.18 bits per heavy atom. The van der Waals surface area contributed by atoms with E-state index in [0.29, 0.717) is 0 Å². The van der Waals surface area contributed by atoms with Gasteiger partial charge in [-0.25, -0.2) is 4.79 Å². The van der Waals surface area contributed by atoms with Crippen LogP contribution < -0.4 is 0 Å². The second-order valence-electron chi connectivity index (χ2n) is 3.25. The van der Waals surface area contributed by atoms with Crippen LogP contribution in [-0.4, -0.2) is 25.7 Å². The molecule has 0 heterocycles. The van der Waals surface area contributed by atoms with Crippen LogP contribution in [0, 0.1) is 0 Å². The number of carbonyl (C=O) groups is 2. The second-order valence-corrected chi connectivity index (χ2v) is 3.25. The summed E-state index contributed by atoms with van der Waals surface area (Å²) >= 11 is 0. The average molecular weight is 234 g/mol. The highest BCUT2D eigenvalue weighted by Crippen LogP contribution is 2.02. The molecule has 0 aromatic heterocycles. The summed E-state index contributed by atoms with van der Waals surface area (Å²) < 4.78 is 9.01. The number of rotatable bonds is 5. The van der Waals surface area contributed by atoms with Crippen LogP contribution in [0.1, 0.15) is 12.0 Å². The van der Waals surface area contributed by atoms with Crippen LogP contribution in [0.5, 0.6) is 0 Å². The van der Waals surface area contributed by atoms with E-state index in [9.17, 15) is 9.59 Å². The molecule has 4 heteroatoms. The predicted octanol–water partition coefficient (Wildman–Crippen LogP) is 1.81. The van der Waals surface area contributed by atoms with Gasteiger partial charge in [0.25, 0.3) is 0 Å². The molecule has 0 bridgehead atoms. The SMILES string of the molecule is COC(=O)COC(=O)C/C=C/c1ccccc1. The van der Waals surface area contributed by atoms with Crippen molar-refractivity contribution < 1.29 is 19.1 Å². The lowest BCUT2D eigenvalue weighted by molar-refractivity contribution is -0.156. The van der Waals surface area contributed by atoms with E-state index < -0.39 is 11.9 Å². The first kappa shape index (κ1) is 13.0. The van der Waals surface area contributed by atoms with Gasteiger partial charge in [0, 0.05) is 0 Å². The van der Waals surface area contributed by atoms with Crippen molar-refractivity contribution in [1.82, 2.24) is 0 Å². The summed E-state index contributed by atoms with van der Waals surface area (Å²) in [6.45, 7) is -0.339. The van der Waals surface area contributed by atoms with Gasteiger partial charge < -0.3 is 9.47 Å². The van der Waals surface area contributed by atoms with Gasteiger partial charge >= 0.3 is 11.9 Å². The van der Waals surface area contributed by atoms with Gasteiger partial charge in [0.05, 0.1) is 13.5 Å². The van der Waals surface area contributed by atoms with Crippen LogP contribution >= 0.6 is 0 Å². The minimum atomic E-state index is -0.564. The summed E-state index contributed by atoms with van der Waals surface area (Å²) in [5.74, 6) is -1.02. The molecule has 0 amide bonds. The maximum Gasteiger partial charge on any atom is 0.344 e. The van der Waals surface area contributed by atoms with Crippen LogP contribution in [0.2, 0.25) is 0 Å². The summed E-state index contributed by atoms with van der Waals surface area (Å²) in [5, 5.41) is 0. The van der Waals surface area contributed by atoms with Crippen molar-refractivity contribution >= 4 is 18.0 Å². The van der Waals surface area contributed by atoms with E-state index in [2.05, 4.69) is 9.47 Å². The molecule has 90 valence electrons. The molecule has 1 aromatic carbocycles. The van der Waals surface area contributed by atoms with Crippen LogP contribution in [-0.2, 0) is 19.1 Å². The van der Waals surface area contributed by atoms with Gasteiger partial charge in [-0.2, -0.15) is 0 Å². The largest absolute Gasteiger partial charge is 0.466 e.